The van der Waals surface area contributed by atoms with E-state index in [4.69, 9.17) is 0 Å². The summed E-state index contributed by atoms with van der Waals surface area (Å²) in [5.41, 5.74) is -1.26. The summed E-state index contributed by atoms with van der Waals surface area (Å²) in [6, 6.07) is 0. The van der Waals surface area contributed by atoms with Crippen molar-refractivity contribution in [3.8, 4) is 0 Å². The Labute approximate surface area is 103 Å². The summed E-state index contributed by atoms with van der Waals surface area (Å²) >= 11 is 0. The van der Waals surface area contributed by atoms with E-state index in [1.54, 1.807) is 4.90 Å². The monoisotopic (exact) mass is 252 g/mol. The van der Waals surface area contributed by atoms with Crippen molar-refractivity contribution in [1.82, 2.24) is 20.2 Å². The first kappa shape index (κ1) is 12.6. The molecule has 0 aliphatic carbocycles. The minimum atomic E-state index is -0.638. The number of H-pyrrole nitrogens is 2. The molecule has 1 amide bonds. The molecular weight excluding hydrogens is 236 g/mol. The van der Waals surface area contributed by atoms with Gasteiger partial charge in [0.2, 0.25) is 0 Å². The zero-order valence-electron chi connectivity index (χ0n) is 10.2. The Morgan fingerprint density at radius 2 is 2.33 bits per heavy atom. The van der Waals surface area contributed by atoms with Gasteiger partial charge in [-0.25, -0.2) is 4.79 Å². The lowest BCUT2D eigenvalue weighted by Gasteiger charge is -2.15. The Hall–Kier alpha value is -1.89. The summed E-state index contributed by atoms with van der Waals surface area (Å²) in [4.78, 5) is 40.5. The first-order chi connectivity index (χ1) is 8.61. The first-order valence-electron chi connectivity index (χ1n) is 5.87. The molecule has 98 valence electrons. The molecule has 1 aliphatic heterocycles. The van der Waals surface area contributed by atoms with Gasteiger partial charge in [-0.05, 0) is 25.9 Å². The summed E-state index contributed by atoms with van der Waals surface area (Å²) in [6.45, 7) is 2.13. The van der Waals surface area contributed by atoms with E-state index in [0.717, 1.165) is 13.0 Å². The van der Waals surface area contributed by atoms with Crippen molar-refractivity contribution in [1.29, 1.82) is 0 Å². The highest BCUT2D eigenvalue weighted by Gasteiger charge is 2.27. The van der Waals surface area contributed by atoms with Crippen LogP contribution in [0.4, 0.5) is 0 Å². The molecule has 0 aromatic carbocycles. The summed E-state index contributed by atoms with van der Waals surface area (Å²) < 4.78 is 0. The summed E-state index contributed by atoms with van der Waals surface area (Å²) in [7, 11) is 1.87. The van der Waals surface area contributed by atoms with E-state index in [1.807, 2.05) is 7.05 Å². The molecule has 1 atom stereocenters. The van der Waals surface area contributed by atoms with Crippen LogP contribution < -0.4 is 16.6 Å². The highest BCUT2D eigenvalue weighted by molar-refractivity contribution is 5.93. The van der Waals surface area contributed by atoms with Gasteiger partial charge in [0.15, 0.2) is 0 Å². The van der Waals surface area contributed by atoms with Crippen molar-refractivity contribution < 1.29 is 4.79 Å². The molecule has 1 fully saturated rings. The third-order valence-electron chi connectivity index (χ3n) is 3.12. The van der Waals surface area contributed by atoms with E-state index in [1.165, 1.54) is 6.20 Å². The summed E-state index contributed by atoms with van der Waals surface area (Å²) in [5.74, 6) is 0.0897. The number of nitrogens with one attached hydrogen (secondary N) is 3. The lowest BCUT2D eigenvalue weighted by molar-refractivity contribution is 0.0785. The number of aromatic nitrogens is 2. The van der Waals surface area contributed by atoms with Crippen molar-refractivity contribution in [2.45, 2.75) is 6.42 Å². The lowest BCUT2D eigenvalue weighted by atomic mass is 10.1. The number of hydrogen-bond acceptors (Lipinski definition) is 4. The smallest absolute Gasteiger partial charge is 0.325 e. The molecule has 0 radical (unpaired) electrons. The maximum atomic E-state index is 12.1. The number of likely N-dealkylation sites (tertiary alicyclic amines) is 1. The lowest BCUT2D eigenvalue weighted by Crippen LogP contribution is -2.36. The Kier molecular flexibility index (Phi) is 3.61. The highest BCUT2D eigenvalue weighted by Crippen LogP contribution is 2.16. The van der Waals surface area contributed by atoms with Crippen LogP contribution in [0.25, 0.3) is 0 Å². The maximum Gasteiger partial charge on any atom is 0.325 e. The predicted octanol–water partition coefficient (Wildman–Crippen LogP) is -1.26. The molecule has 3 N–H and O–H groups in total. The first-order valence-corrected chi connectivity index (χ1v) is 5.87. The number of carbonyl (C=O) groups excluding carboxylic acids is 1. The molecule has 1 aromatic rings. The van der Waals surface area contributed by atoms with Crippen molar-refractivity contribution >= 4 is 5.91 Å². The van der Waals surface area contributed by atoms with Gasteiger partial charge in [-0.15, -0.1) is 0 Å². The van der Waals surface area contributed by atoms with Crippen molar-refractivity contribution in [3.05, 3.63) is 32.6 Å². The number of carbonyl (C=O) groups is 1. The minimum absolute atomic E-state index is 0.0142. The van der Waals surface area contributed by atoms with Crippen molar-refractivity contribution in [2.75, 3.05) is 26.7 Å². The quantitative estimate of drug-likeness (QED) is 0.625. The standard InChI is InChI=1S/C11H16N4O3/c1-12-4-7-2-3-15(6-7)10(17)8-5-13-11(18)14-9(8)16/h5,7,12H,2-4,6H2,1H3,(H2,13,14,16,18). The van der Waals surface area contributed by atoms with E-state index in [-0.39, 0.29) is 11.5 Å². The molecule has 0 saturated carbocycles. The highest BCUT2D eigenvalue weighted by atomic mass is 16.2. The van der Waals surface area contributed by atoms with Gasteiger partial charge in [0.1, 0.15) is 5.56 Å². The molecular formula is C11H16N4O3. The van der Waals surface area contributed by atoms with Gasteiger partial charge in [0, 0.05) is 19.3 Å². The second kappa shape index (κ2) is 5.18. The molecule has 1 aliphatic rings. The molecule has 7 heteroatoms. The van der Waals surface area contributed by atoms with Crippen LogP contribution in [0.3, 0.4) is 0 Å². The van der Waals surface area contributed by atoms with Crippen molar-refractivity contribution in [2.24, 2.45) is 5.92 Å². The second-order valence-electron chi connectivity index (χ2n) is 4.45. The zero-order valence-corrected chi connectivity index (χ0v) is 10.2. The van der Waals surface area contributed by atoms with E-state index in [0.29, 0.717) is 19.0 Å². The van der Waals surface area contributed by atoms with Gasteiger partial charge in [-0.2, -0.15) is 0 Å². The van der Waals surface area contributed by atoms with Gasteiger partial charge in [0.05, 0.1) is 0 Å². The van der Waals surface area contributed by atoms with E-state index in [9.17, 15) is 14.4 Å². The number of nitrogens with zero attached hydrogens (tertiary/aromatic N) is 1. The normalized spacial score (nSPS) is 19.2. The molecule has 7 nitrogen and oxygen atoms in total. The minimum Gasteiger partial charge on any atom is -0.338 e. The SMILES string of the molecule is CNCC1CCN(C(=O)c2c[nH]c(=O)[nH]c2=O)C1. The Bertz CT molecular complexity index is 548. The van der Waals surface area contributed by atoms with E-state index < -0.39 is 11.2 Å². The van der Waals surface area contributed by atoms with Crippen LogP contribution in [-0.4, -0.2) is 47.5 Å². The number of rotatable bonds is 3. The van der Waals surface area contributed by atoms with E-state index in [2.05, 4.69) is 15.3 Å². The molecule has 0 bridgehead atoms. The Morgan fingerprint density at radius 3 is 3.00 bits per heavy atom. The second-order valence-corrected chi connectivity index (χ2v) is 4.45. The average Bonchev–Trinajstić information content (AvgIpc) is 2.77. The van der Waals surface area contributed by atoms with Gasteiger partial charge in [-0.1, -0.05) is 0 Å². The summed E-state index contributed by atoms with van der Waals surface area (Å²) in [6.07, 6.45) is 2.10. The Balaban J connectivity index is 2.13. The third-order valence-corrected chi connectivity index (χ3v) is 3.12. The largest absolute Gasteiger partial charge is 0.338 e. The van der Waals surface area contributed by atoms with Crippen LogP contribution in [0.5, 0.6) is 0 Å². The fourth-order valence-corrected chi connectivity index (χ4v) is 2.21. The number of amides is 1. The molecule has 0 spiro atoms. The van der Waals surface area contributed by atoms with Crippen molar-refractivity contribution in [3.63, 3.8) is 0 Å². The van der Waals surface area contributed by atoms with Crippen LogP contribution >= 0.6 is 0 Å². The van der Waals surface area contributed by atoms with Gasteiger partial charge in [-0.3, -0.25) is 14.6 Å². The fraction of sp³-hybridized carbons (Fsp3) is 0.545. The van der Waals surface area contributed by atoms with Crippen LogP contribution in [0.2, 0.25) is 0 Å². The summed E-state index contributed by atoms with van der Waals surface area (Å²) in [5, 5.41) is 3.07. The molecule has 18 heavy (non-hydrogen) atoms. The Morgan fingerprint density at radius 1 is 1.56 bits per heavy atom. The molecule has 1 aromatic heterocycles. The number of aromatic amines is 2. The van der Waals surface area contributed by atoms with Crippen LogP contribution in [0.15, 0.2) is 15.8 Å². The van der Waals surface area contributed by atoms with Crippen LogP contribution in [-0.2, 0) is 0 Å². The third kappa shape index (κ3) is 2.51. The molecule has 1 saturated heterocycles. The van der Waals surface area contributed by atoms with Gasteiger partial charge in [0.25, 0.3) is 11.5 Å². The van der Waals surface area contributed by atoms with E-state index >= 15 is 0 Å². The fourth-order valence-electron chi connectivity index (χ4n) is 2.21. The van der Waals surface area contributed by atoms with Gasteiger partial charge >= 0.3 is 5.69 Å². The maximum absolute atomic E-state index is 12.1. The number of hydrogen-bond donors (Lipinski definition) is 3. The van der Waals surface area contributed by atoms with Gasteiger partial charge < -0.3 is 15.2 Å². The zero-order chi connectivity index (χ0) is 13.1. The molecule has 1 unspecified atom stereocenters. The predicted molar refractivity (Wildman–Crippen MR) is 65.6 cm³/mol. The van der Waals surface area contributed by atoms with Crippen LogP contribution in [0, 0.1) is 5.92 Å². The average molecular weight is 252 g/mol. The molecule has 2 rings (SSSR count). The topological polar surface area (TPSA) is 98.1 Å². The van der Waals surface area contributed by atoms with Crippen LogP contribution in [0.1, 0.15) is 16.8 Å². The molecule has 2 heterocycles.